The molecule has 0 aromatic heterocycles. The summed E-state index contributed by atoms with van der Waals surface area (Å²) in [6.45, 7) is 1.97. The van der Waals surface area contributed by atoms with Crippen LogP contribution in [0.2, 0.25) is 0 Å². The predicted molar refractivity (Wildman–Crippen MR) is 105 cm³/mol. The number of rotatable bonds is 16. The van der Waals surface area contributed by atoms with Gasteiger partial charge in [0, 0.05) is 19.5 Å². The number of unbranched alkanes of at least 4 members (excludes halogenated alkanes) is 5. The first-order chi connectivity index (χ1) is 11.8. The molecule has 0 aliphatic carbocycles. The van der Waals surface area contributed by atoms with Crippen LogP contribution in [0.5, 0.6) is 0 Å². The van der Waals surface area contributed by atoms with Crippen LogP contribution < -0.4 is 16.8 Å². The maximum Gasteiger partial charge on any atom is 0.219 e. The molecule has 4 nitrogen and oxygen atoms in total. The van der Waals surface area contributed by atoms with Crippen molar-refractivity contribution in [3.8, 4) is 0 Å². The van der Waals surface area contributed by atoms with Crippen molar-refractivity contribution in [2.75, 3.05) is 19.6 Å². The van der Waals surface area contributed by atoms with Gasteiger partial charge in [-0.15, -0.1) is 0 Å². The zero-order chi connectivity index (χ0) is 17.7. The molecule has 0 rings (SSSR count). The van der Waals surface area contributed by atoms with Gasteiger partial charge in [0.25, 0.3) is 0 Å². The van der Waals surface area contributed by atoms with E-state index in [1.54, 1.807) is 0 Å². The highest BCUT2D eigenvalue weighted by Gasteiger charge is 1.99. The van der Waals surface area contributed by atoms with Crippen molar-refractivity contribution < 1.29 is 4.79 Å². The molecule has 0 aromatic carbocycles. The highest BCUT2D eigenvalue weighted by molar-refractivity contribution is 5.75. The van der Waals surface area contributed by atoms with Gasteiger partial charge in [0.2, 0.25) is 5.91 Å². The molecule has 0 spiro atoms. The van der Waals surface area contributed by atoms with E-state index in [-0.39, 0.29) is 5.91 Å². The highest BCUT2D eigenvalue weighted by Crippen LogP contribution is 2.08. The van der Waals surface area contributed by atoms with Gasteiger partial charge < -0.3 is 16.8 Å². The summed E-state index contributed by atoms with van der Waals surface area (Å²) in [5.74, 6) is 0.165. The van der Waals surface area contributed by atoms with Crippen LogP contribution in [0.3, 0.4) is 0 Å². The minimum atomic E-state index is 0.165. The highest BCUT2D eigenvalue weighted by atomic mass is 16.1. The maximum atomic E-state index is 11.5. The average molecular weight is 336 g/mol. The Labute approximate surface area is 148 Å². The van der Waals surface area contributed by atoms with Gasteiger partial charge in [-0.2, -0.15) is 0 Å². The van der Waals surface area contributed by atoms with Crippen molar-refractivity contribution in [3.05, 3.63) is 36.5 Å². The van der Waals surface area contributed by atoms with Crippen LogP contribution in [0.1, 0.15) is 64.2 Å². The van der Waals surface area contributed by atoms with Gasteiger partial charge in [-0.05, 0) is 45.1 Å². The van der Waals surface area contributed by atoms with E-state index < -0.39 is 0 Å². The Balaban J connectivity index is 3.28. The quantitative estimate of drug-likeness (QED) is 0.298. The molecule has 24 heavy (non-hydrogen) atoms. The van der Waals surface area contributed by atoms with E-state index in [0.717, 1.165) is 38.5 Å². The predicted octanol–water partition coefficient (Wildman–Crippen LogP) is 3.59. The van der Waals surface area contributed by atoms with E-state index in [9.17, 15) is 4.79 Å². The third-order valence-corrected chi connectivity index (χ3v) is 3.66. The fourth-order valence-corrected chi connectivity index (χ4v) is 2.25. The lowest BCUT2D eigenvalue weighted by atomic mass is 10.1. The van der Waals surface area contributed by atoms with Gasteiger partial charge in [0.15, 0.2) is 0 Å². The number of hydrogen-bond donors (Lipinski definition) is 3. The van der Waals surface area contributed by atoms with Crippen molar-refractivity contribution in [2.24, 2.45) is 11.5 Å². The first kappa shape index (κ1) is 22.6. The van der Waals surface area contributed by atoms with Crippen LogP contribution in [0.15, 0.2) is 36.5 Å². The van der Waals surface area contributed by atoms with E-state index in [2.05, 4.69) is 35.7 Å². The van der Waals surface area contributed by atoms with Crippen molar-refractivity contribution in [1.82, 2.24) is 5.32 Å². The van der Waals surface area contributed by atoms with Gasteiger partial charge in [0.1, 0.15) is 0 Å². The second kappa shape index (κ2) is 19.7. The third-order valence-electron chi connectivity index (χ3n) is 3.66. The number of nitrogens with one attached hydrogen (secondary N) is 1. The molecule has 138 valence electrons. The molecule has 1 amide bonds. The number of carbonyl (C=O) groups excluding carboxylic acids is 1. The second-order valence-corrected chi connectivity index (χ2v) is 5.92. The van der Waals surface area contributed by atoms with Crippen molar-refractivity contribution >= 4 is 5.91 Å². The zero-order valence-corrected chi connectivity index (χ0v) is 15.2. The first-order valence-electron chi connectivity index (χ1n) is 9.43. The molecule has 0 heterocycles. The summed E-state index contributed by atoms with van der Waals surface area (Å²) < 4.78 is 0. The lowest BCUT2D eigenvalue weighted by Gasteiger charge is -2.04. The Bertz CT molecular complexity index is 362. The van der Waals surface area contributed by atoms with Gasteiger partial charge in [-0.25, -0.2) is 0 Å². The Morgan fingerprint density at radius 1 is 0.750 bits per heavy atom. The first-order valence-corrected chi connectivity index (χ1v) is 9.43. The summed E-state index contributed by atoms with van der Waals surface area (Å²) in [6.07, 6.45) is 23.4. The van der Waals surface area contributed by atoms with Crippen LogP contribution in [0.4, 0.5) is 0 Å². The van der Waals surface area contributed by atoms with Crippen LogP contribution in [0.25, 0.3) is 0 Å². The van der Waals surface area contributed by atoms with E-state index in [1.807, 2.05) is 6.08 Å². The largest absolute Gasteiger partial charge is 0.356 e. The van der Waals surface area contributed by atoms with E-state index in [0.29, 0.717) is 26.1 Å². The van der Waals surface area contributed by atoms with Gasteiger partial charge in [-0.3, -0.25) is 4.79 Å². The van der Waals surface area contributed by atoms with Gasteiger partial charge in [-0.1, -0.05) is 55.7 Å². The summed E-state index contributed by atoms with van der Waals surface area (Å²) in [6, 6.07) is 0. The molecular weight excluding hydrogens is 298 g/mol. The zero-order valence-electron chi connectivity index (χ0n) is 15.2. The second-order valence-electron chi connectivity index (χ2n) is 5.92. The Hall–Kier alpha value is -1.39. The molecular formula is C20H37N3O. The van der Waals surface area contributed by atoms with E-state index in [4.69, 9.17) is 11.5 Å². The number of hydrogen-bond acceptors (Lipinski definition) is 3. The number of allylic oxidation sites excluding steroid dienone is 5. The monoisotopic (exact) mass is 335 g/mol. The van der Waals surface area contributed by atoms with Crippen LogP contribution in [-0.2, 0) is 4.79 Å². The van der Waals surface area contributed by atoms with Crippen molar-refractivity contribution in [2.45, 2.75) is 64.2 Å². The summed E-state index contributed by atoms with van der Waals surface area (Å²) in [5.41, 5.74) is 10.8. The molecule has 0 saturated heterocycles. The molecule has 0 aliphatic rings. The van der Waals surface area contributed by atoms with E-state index in [1.165, 1.54) is 19.3 Å². The molecule has 0 atom stereocenters. The lowest BCUT2D eigenvalue weighted by Crippen LogP contribution is -2.25. The van der Waals surface area contributed by atoms with Crippen LogP contribution in [0, 0.1) is 0 Å². The topological polar surface area (TPSA) is 81.1 Å². The minimum Gasteiger partial charge on any atom is -0.356 e. The number of carbonyl (C=O) groups is 1. The fraction of sp³-hybridized carbons (Fsp3) is 0.650. The summed E-state index contributed by atoms with van der Waals surface area (Å²) in [7, 11) is 0. The summed E-state index contributed by atoms with van der Waals surface area (Å²) >= 11 is 0. The molecule has 5 N–H and O–H groups in total. The van der Waals surface area contributed by atoms with Gasteiger partial charge >= 0.3 is 0 Å². The third kappa shape index (κ3) is 18.7. The Morgan fingerprint density at radius 3 is 2.08 bits per heavy atom. The molecule has 0 radical (unpaired) electrons. The summed E-state index contributed by atoms with van der Waals surface area (Å²) in [4.78, 5) is 11.5. The van der Waals surface area contributed by atoms with E-state index >= 15 is 0 Å². The Morgan fingerprint density at radius 2 is 1.38 bits per heavy atom. The number of amides is 1. The standard InChI is InChI=1S/C20H37N3O/c21-17-14-12-10-8-6-4-2-1-3-5-7-9-11-13-16-20(24)23-19-15-18-22/h1-2,6,8,12,14H,3-5,7,9-11,13,15-19,21-22H2,(H,23,24)/b2-1+,8-6+,14-12+. The van der Waals surface area contributed by atoms with Crippen molar-refractivity contribution in [3.63, 3.8) is 0 Å². The molecule has 0 bridgehead atoms. The molecule has 0 aliphatic heterocycles. The number of nitrogens with two attached hydrogens (primary N) is 2. The molecule has 4 heteroatoms. The molecule has 0 fully saturated rings. The van der Waals surface area contributed by atoms with Crippen molar-refractivity contribution in [1.29, 1.82) is 0 Å². The maximum absolute atomic E-state index is 11.5. The average Bonchev–Trinajstić information content (AvgIpc) is 2.58. The lowest BCUT2D eigenvalue weighted by molar-refractivity contribution is -0.121. The SMILES string of the molecule is NC/C=C/C/C=C/C/C=C/CCCCCCCC(=O)NCCCN. The Kier molecular flexibility index (Phi) is 18.5. The molecule has 0 aromatic rings. The smallest absolute Gasteiger partial charge is 0.219 e. The minimum absolute atomic E-state index is 0.165. The molecule has 0 unspecified atom stereocenters. The normalized spacial score (nSPS) is 11.9. The van der Waals surface area contributed by atoms with Gasteiger partial charge in [0.05, 0.1) is 0 Å². The van der Waals surface area contributed by atoms with Crippen LogP contribution in [-0.4, -0.2) is 25.5 Å². The fourth-order valence-electron chi connectivity index (χ4n) is 2.25. The molecule has 0 saturated carbocycles. The summed E-state index contributed by atoms with van der Waals surface area (Å²) in [5, 5.41) is 2.89. The van der Waals surface area contributed by atoms with Crippen LogP contribution >= 0.6 is 0 Å².